The molecule has 8 heteroatoms. The third-order valence-corrected chi connectivity index (χ3v) is 4.97. The molecule has 1 N–H and O–H groups in total. The molecule has 0 fully saturated rings. The zero-order chi connectivity index (χ0) is 21.3. The van der Waals surface area contributed by atoms with E-state index in [1.807, 2.05) is 6.07 Å². The lowest BCUT2D eigenvalue weighted by molar-refractivity contribution is -0.137. The van der Waals surface area contributed by atoms with Crippen molar-refractivity contribution < 1.29 is 27.2 Å². The van der Waals surface area contributed by atoms with Crippen LogP contribution >= 0.6 is 0 Å². The number of hydrogen-bond acceptors (Lipinski definition) is 3. The van der Waals surface area contributed by atoms with Gasteiger partial charge in [-0.25, -0.2) is 0 Å². The maximum Gasteiger partial charge on any atom is 0.417 e. The number of amides is 2. The molecule has 154 valence electrons. The molecule has 0 saturated heterocycles. The summed E-state index contributed by atoms with van der Waals surface area (Å²) in [5.41, 5.74) is 0.770. The molecule has 0 atom stereocenters. The van der Waals surface area contributed by atoms with Gasteiger partial charge in [-0.3, -0.25) is 9.59 Å². The lowest BCUT2D eigenvalue weighted by atomic mass is 9.98. The molecular weight excluding hydrogens is 397 g/mol. The Balaban J connectivity index is 1.54. The first-order chi connectivity index (χ1) is 14.3. The summed E-state index contributed by atoms with van der Waals surface area (Å²) in [4.78, 5) is 26.6. The molecule has 3 aromatic rings. The van der Waals surface area contributed by atoms with Crippen LogP contribution in [0.15, 0.2) is 65.3 Å². The third kappa shape index (κ3) is 3.94. The maximum absolute atomic E-state index is 13.2. The molecule has 1 aliphatic rings. The fraction of sp³-hybridized carbons (Fsp3) is 0.182. The number of carbonyl (C=O) groups is 2. The molecule has 1 aliphatic heterocycles. The van der Waals surface area contributed by atoms with Crippen molar-refractivity contribution in [2.45, 2.75) is 19.1 Å². The molecule has 0 radical (unpaired) electrons. The van der Waals surface area contributed by atoms with E-state index < -0.39 is 23.2 Å². The number of furan rings is 1. The molecule has 0 unspecified atom stereocenters. The number of alkyl halides is 3. The van der Waals surface area contributed by atoms with E-state index >= 15 is 0 Å². The highest BCUT2D eigenvalue weighted by Gasteiger charge is 2.35. The highest BCUT2D eigenvalue weighted by Crippen LogP contribution is 2.32. The van der Waals surface area contributed by atoms with Crippen LogP contribution in [0, 0.1) is 0 Å². The molecule has 4 rings (SSSR count). The zero-order valence-corrected chi connectivity index (χ0v) is 15.7. The molecule has 1 aromatic heterocycles. The number of anilines is 1. The predicted octanol–water partition coefficient (Wildman–Crippen LogP) is 4.75. The molecular formula is C22H17F3N2O3. The topological polar surface area (TPSA) is 62.6 Å². The fourth-order valence-electron chi connectivity index (χ4n) is 3.49. The van der Waals surface area contributed by atoms with Crippen LogP contribution in [0.3, 0.4) is 0 Å². The summed E-state index contributed by atoms with van der Waals surface area (Å²) in [7, 11) is 0. The van der Waals surface area contributed by atoms with Gasteiger partial charge in [-0.2, -0.15) is 13.2 Å². The second-order valence-electron chi connectivity index (χ2n) is 6.93. The number of halogens is 3. The highest BCUT2D eigenvalue weighted by molar-refractivity contribution is 6.05. The lowest BCUT2D eigenvalue weighted by Crippen LogP contribution is -2.35. The Kier molecular flexibility index (Phi) is 5.07. The van der Waals surface area contributed by atoms with Crippen molar-refractivity contribution in [3.05, 3.63) is 88.9 Å². The van der Waals surface area contributed by atoms with Gasteiger partial charge in [0, 0.05) is 18.8 Å². The van der Waals surface area contributed by atoms with Crippen LogP contribution in [-0.2, 0) is 19.1 Å². The van der Waals surface area contributed by atoms with Crippen molar-refractivity contribution in [3.63, 3.8) is 0 Å². The average Bonchev–Trinajstić information content (AvgIpc) is 3.27. The van der Waals surface area contributed by atoms with Gasteiger partial charge in [-0.15, -0.1) is 0 Å². The van der Waals surface area contributed by atoms with E-state index in [9.17, 15) is 22.8 Å². The van der Waals surface area contributed by atoms with Gasteiger partial charge in [0.2, 0.25) is 0 Å². The standard InChI is InChI=1S/C22H17F3N2O3/c23-22(24,25)18-5-2-1-4-17(18)20(28)26-16-8-7-14-9-10-27(13-15(14)12-16)21(29)19-6-3-11-30-19/h1-8,11-12H,9-10,13H2,(H,26,28). The summed E-state index contributed by atoms with van der Waals surface area (Å²) in [6.45, 7) is 0.842. The SMILES string of the molecule is O=C(Nc1ccc2c(c1)CN(C(=O)c1ccco1)CC2)c1ccccc1C(F)(F)F. The van der Waals surface area contributed by atoms with E-state index in [0.717, 1.165) is 23.3 Å². The molecule has 30 heavy (non-hydrogen) atoms. The normalized spacial score (nSPS) is 13.6. The van der Waals surface area contributed by atoms with Crippen molar-refractivity contribution in [3.8, 4) is 0 Å². The molecule has 0 saturated carbocycles. The average molecular weight is 414 g/mol. The van der Waals surface area contributed by atoms with Crippen molar-refractivity contribution in [1.29, 1.82) is 0 Å². The fourth-order valence-corrected chi connectivity index (χ4v) is 3.49. The first-order valence-electron chi connectivity index (χ1n) is 9.25. The van der Waals surface area contributed by atoms with E-state index in [4.69, 9.17) is 4.42 Å². The van der Waals surface area contributed by atoms with Crippen molar-refractivity contribution in [2.75, 3.05) is 11.9 Å². The Morgan fingerprint density at radius 3 is 2.53 bits per heavy atom. The van der Waals surface area contributed by atoms with Crippen LogP contribution in [0.5, 0.6) is 0 Å². The van der Waals surface area contributed by atoms with Crippen LogP contribution in [0.2, 0.25) is 0 Å². The van der Waals surface area contributed by atoms with Crippen molar-refractivity contribution in [2.24, 2.45) is 0 Å². The van der Waals surface area contributed by atoms with E-state index in [0.29, 0.717) is 25.2 Å². The van der Waals surface area contributed by atoms with Gasteiger partial charge in [0.15, 0.2) is 5.76 Å². The van der Waals surface area contributed by atoms with E-state index in [2.05, 4.69) is 5.32 Å². The minimum absolute atomic E-state index is 0.237. The Morgan fingerprint density at radius 1 is 1.00 bits per heavy atom. The van der Waals surface area contributed by atoms with Gasteiger partial charge >= 0.3 is 6.18 Å². The Hall–Kier alpha value is -3.55. The summed E-state index contributed by atoms with van der Waals surface area (Å²) in [6.07, 6.45) is -2.57. The number of benzene rings is 2. The van der Waals surface area contributed by atoms with Crippen LogP contribution < -0.4 is 5.32 Å². The largest absolute Gasteiger partial charge is 0.459 e. The van der Waals surface area contributed by atoms with Gasteiger partial charge in [-0.1, -0.05) is 18.2 Å². The van der Waals surface area contributed by atoms with E-state index in [-0.39, 0.29) is 11.7 Å². The van der Waals surface area contributed by atoms with Gasteiger partial charge in [0.1, 0.15) is 0 Å². The van der Waals surface area contributed by atoms with Gasteiger partial charge in [0.25, 0.3) is 11.8 Å². The van der Waals surface area contributed by atoms with E-state index in [1.165, 1.54) is 18.4 Å². The summed E-state index contributed by atoms with van der Waals surface area (Å²) < 4.78 is 44.7. The minimum Gasteiger partial charge on any atom is -0.459 e. The van der Waals surface area contributed by atoms with E-state index in [1.54, 1.807) is 29.2 Å². The molecule has 0 aliphatic carbocycles. The number of nitrogens with zero attached hydrogens (tertiary/aromatic N) is 1. The maximum atomic E-state index is 13.2. The molecule has 2 aromatic carbocycles. The first kappa shape index (κ1) is 19.8. The Morgan fingerprint density at radius 2 is 1.80 bits per heavy atom. The summed E-state index contributed by atoms with van der Waals surface area (Å²) >= 11 is 0. The third-order valence-electron chi connectivity index (χ3n) is 4.97. The highest BCUT2D eigenvalue weighted by atomic mass is 19.4. The number of nitrogens with one attached hydrogen (secondary N) is 1. The van der Waals surface area contributed by atoms with Crippen molar-refractivity contribution >= 4 is 17.5 Å². The molecule has 5 nitrogen and oxygen atoms in total. The second kappa shape index (κ2) is 7.70. The van der Waals surface area contributed by atoms with Crippen LogP contribution in [0.25, 0.3) is 0 Å². The smallest absolute Gasteiger partial charge is 0.417 e. The van der Waals surface area contributed by atoms with Crippen LogP contribution in [0.1, 0.15) is 37.6 Å². The Bertz CT molecular complexity index is 1090. The monoisotopic (exact) mass is 414 g/mol. The number of rotatable bonds is 3. The molecule has 2 amide bonds. The van der Waals surface area contributed by atoms with Gasteiger partial charge < -0.3 is 14.6 Å². The van der Waals surface area contributed by atoms with Gasteiger partial charge in [-0.05, 0) is 53.9 Å². The first-order valence-corrected chi connectivity index (χ1v) is 9.25. The molecule has 0 bridgehead atoms. The summed E-state index contributed by atoms with van der Waals surface area (Å²) in [5, 5.41) is 2.53. The zero-order valence-electron chi connectivity index (χ0n) is 15.7. The summed E-state index contributed by atoms with van der Waals surface area (Å²) in [6, 6.07) is 13.0. The van der Waals surface area contributed by atoms with Gasteiger partial charge in [0.05, 0.1) is 17.4 Å². The lowest BCUT2D eigenvalue weighted by Gasteiger charge is -2.28. The minimum atomic E-state index is -4.63. The number of carbonyl (C=O) groups excluding carboxylic acids is 2. The quantitative estimate of drug-likeness (QED) is 0.673. The molecule has 0 spiro atoms. The van der Waals surface area contributed by atoms with Crippen LogP contribution in [-0.4, -0.2) is 23.3 Å². The Labute approximate surface area is 170 Å². The number of fused-ring (bicyclic) bond motifs is 1. The molecule has 2 heterocycles. The predicted molar refractivity (Wildman–Crippen MR) is 103 cm³/mol. The van der Waals surface area contributed by atoms with Crippen molar-refractivity contribution in [1.82, 2.24) is 4.90 Å². The summed E-state index contributed by atoms with van der Waals surface area (Å²) in [5.74, 6) is -0.840. The second-order valence-corrected chi connectivity index (χ2v) is 6.93. The van der Waals surface area contributed by atoms with Crippen LogP contribution in [0.4, 0.5) is 18.9 Å². The number of hydrogen-bond donors (Lipinski definition) is 1.